The van der Waals surface area contributed by atoms with E-state index >= 15 is 0 Å². The molecule has 0 aliphatic carbocycles. The number of β-amino-alcohol motifs (C(OH)–C–C–N with tert-alkyl or cyclic N) is 1. The quantitative estimate of drug-likeness (QED) is 0.752. The summed E-state index contributed by atoms with van der Waals surface area (Å²) < 4.78 is 4.94. The molecule has 1 fully saturated rings. The molecule has 0 unspecified atom stereocenters. The van der Waals surface area contributed by atoms with Crippen molar-refractivity contribution in [3.8, 4) is 0 Å². The number of hydrogen-bond acceptors (Lipinski definition) is 4. The van der Waals surface area contributed by atoms with Gasteiger partial charge in [0, 0.05) is 12.6 Å². The molecule has 1 heterocycles. The predicted octanol–water partition coefficient (Wildman–Crippen LogP) is 0.530. The third-order valence-electron chi connectivity index (χ3n) is 2.97. The summed E-state index contributed by atoms with van der Waals surface area (Å²) in [4.78, 5) is 15.2. The first kappa shape index (κ1) is 13.3. The van der Waals surface area contributed by atoms with Gasteiger partial charge in [0.05, 0.1) is 19.3 Å². The molecule has 94 valence electrons. The summed E-state index contributed by atoms with van der Waals surface area (Å²) in [6.07, 6.45) is 0.992. The average Bonchev–Trinajstić information content (AvgIpc) is 2.40. The number of carbonyl (C=O) groups is 1. The fraction of sp³-hybridized carbons (Fsp3) is 0.909. The van der Waals surface area contributed by atoms with E-state index in [1.54, 1.807) is 11.8 Å². The van der Waals surface area contributed by atoms with E-state index in [4.69, 9.17) is 4.74 Å². The Morgan fingerprint density at radius 3 is 2.81 bits per heavy atom. The van der Waals surface area contributed by atoms with Crippen molar-refractivity contribution in [2.75, 3.05) is 33.8 Å². The molecule has 0 spiro atoms. The Balaban J connectivity index is 2.57. The summed E-state index contributed by atoms with van der Waals surface area (Å²) in [6.45, 7) is 3.19. The van der Waals surface area contributed by atoms with E-state index in [-0.39, 0.29) is 12.1 Å². The number of rotatable bonds is 2. The number of amides is 1. The monoisotopic (exact) mass is 230 g/mol. The van der Waals surface area contributed by atoms with Gasteiger partial charge in [0.25, 0.3) is 0 Å². The van der Waals surface area contributed by atoms with Crippen LogP contribution in [-0.4, -0.2) is 66.9 Å². The van der Waals surface area contributed by atoms with Gasteiger partial charge in [-0.2, -0.15) is 0 Å². The highest BCUT2D eigenvalue weighted by molar-refractivity contribution is 5.67. The molecule has 1 saturated heterocycles. The molecule has 16 heavy (non-hydrogen) atoms. The molecular formula is C11H22N2O3. The number of aliphatic hydroxyl groups is 1. The second kappa shape index (κ2) is 6.06. The van der Waals surface area contributed by atoms with Crippen molar-refractivity contribution >= 4 is 6.09 Å². The standard InChI is InChI=1S/C11H22N2O3/c1-4-16-11(15)13-7-5-6-9(12(2)3)10(14)8-13/h9-10,14H,4-8H2,1-3H3/t9-,10+/m1/s1. The molecule has 5 nitrogen and oxygen atoms in total. The number of likely N-dealkylation sites (tertiary alicyclic amines) is 1. The zero-order valence-corrected chi connectivity index (χ0v) is 10.3. The van der Waals surface area contributed by atoms with Crippen molar-refractivity contribution in [3.05, 3.63) is 0 Å². The van der Waals surface area contributed by atoms with Crippen LogP contribution in [0.1, 0.15) is 19.8 Å². The van der Waals surface area contributed by atoms with Crippen LogP contribution in [0.2, 0.25) is 0 Å². The molecule has 0 bridgehead atoms. The molecule has 1 rings (SSSR count). The van der Waals surface area contributed by atoms with Crippen LogP contribution in [-0.2, 0) is 4.74 Å². The molecule has 1 aliphatic rings. The van der Waals surface area contributed by atoms with Gasteiger partial charge in [-0.25, -0.2) is 4.79 Å². The molecule has 0 aromatic carbocycles. The number of hydrogen-bond donors (Lipinski definition) is 1. The summed E-state index contributed by atoms with van der Waals surface area (Å²) in [5.74, 6) is 0. The van der Waals surface area contributed by atoms with Crippen LogP contribution in [0.5, 0.6) is 0 Å². The highest BCUT2D eigenvalue weighted by Gasteiger charge is 2.29. The molecule has 1 amide bonds. The van der Waals surface area contributed by atoms with Crippen LogP contribution < -0.4 is 0 Å². The van der Waals surface area contributed by atoms with E-state index in [0.29, 0.717) is 19.7 Å². The van der Waals surface area contributed by atoms with Crippen molar-refractivity contribution in [2.45, 2.75) is 31.9 Å². The molecule has 5 heteroatoms. The van der Waals surface area contributed by atoms with Crippen molar-refractivity contribution in [1.82, 2.24) is 9.80 Å². The SMILES string of the molecule is CCOC(=O)N1CCC[C@@H](N(C)C)[C@@H](O)C1. The highest BCUT2D eigenvalue weighted by Crippen LogP contribution is 2.16. The van der Waals surface area contributed by atoms with Gasteiger partial charge in [-0.05, 0) is 33.9 Å². The Morgan fingerprint density at radius 1 is 1.56 bits per heavy atom. The van der Waals surface area contributed by atoms with Crippen molar-refractivity contribution in [3.63, 3.8) is 0 Å². The molecule has 2 atom stereocenters. The number of nitrogens with zero attached hydrogens (tertiary/aromatic N) is 2. The minimum atomic E-state index is -0.498. The molecule has 0 radical (unpaired) electrons. The first-order chi connectivity index (χ1) is 7.56. The van der Waals surface area contributed by atoms with Gasteiger partial charge in [0.2, 0.25) is 0 Å². The van der Waals surface area contributed by atoms with Crippen LogP contribution in [0.3, 0.4) is 0 Å². The number of carbonyl (C=O) groups excluding carboxylic acids is 1. The maximum absolute atomic E-state index is 11.6. The zero-order chi connectivity index (χ0) is 12.1. The Hall–Kier alpha value is -0.810. The summed E-state index contributed by atoms with van der Waals surface area (Å²) in [6, 6.07) is 0.124. The first-order valence-electron chi connectivity index (χ1n) is 5.82. The lowest BCUT2D eigenvalue weighted by atomic mass is 10.1. The summed E-state index contributed by atoms with van der Waals surface area (Å²) in [5.41, 5.74) is 0. The second-order valence-electron chi connectivity index (χ2n) is 4.39. The lowest BCUT2D eigenvalue weighted by Gasteiger charge is -2.28. The van der Waals surface area contributed by atoms with Crippen LogP contribution in [0, 0.1) is 0 Å². The molecule has 1 aliphatic heterocycles. The lowest BCUT2D eigenvalue weighted by molar-refractivity contribution is 0.0485. The largest absolute Gasteiger partial charge is 0.450 e. The highest BCUT2D eigenvalue weighted by atomic mass is 16.6. The van der Waals surface area contributed by atoms with Crippen LogP contribution in [0.4, 0.5) is 4.79 Å². The van der Waals surface area contributed by atoms with Crippen molar-refractivity contribution in [1.29, 1.82) is 0 Å². The summed E-state index contributed by atoms with van der Waals surface area (Å²) >= 11 is 0. The van der Waals surface area contributed by atoms with Gasteiger partial charge < -0.3 is 19.6 Å². The summed E-state index contributed by atoms with van der Waals surface area (Å²) in [7, 11) is 3.90. The zero-order valence-electron chi connectivity index (χ0n) is 10.3. The normalized spacial score (nSPS) is 26.7. The van der Waals surface area contributed by atoms with Crippen LogP contribution in [0.25, 0.3) is 0 Å². The molecule has 1 N–H and O–H groups in total. The Morgan fingerprint density at radius 2 is 2.25 bits per heavy atom. The van der Waals surface area contributed by atoms with Crippen molar-refractivity contribution < 1.29 is 14.6 Å². The smallest absolute Gasteiger partial charge is 0.409 e. The van der Waals surface area contributed by atoms with Gasteiger partial charge in [-0.3, -0.25) is 0 Å². The molecule has 0 aromatic rings. The average molecular weight is 230 g/mol. The fourth-order valence-corrected chi connectivity index (χ4v) is 2.11. The predicted molar refractivity (Wildman–Crippen MR) is 61.3 cm³/mol. The van der Waals surface area contributed by atoms with Gasteiger partial charge in [0.1, 0.15) is 0 Å². The topological polar surface area (TPSA) is 53.0 Å². The second-order valence-corrected chi connectivity index (χ2v) is 4.39. The minimum absolute atomic E-state index is 0.124. The lowest BCUT2D eigenvalue weighted by Crippen LogP contribution is -2.44. The third kappa shape index (κ3) is 3.35. The molecule has 0 aromatic heterocycles. The van der Waals surface area contributed by atoms with Gasteiger partial charge in [-0.1, -0.05) is 0 Å². The maximum Gasteiger partial charge on any atom is 0.409 e. The number of likely N-dealkylation sites (N-methyl/N-ethyl adjacent to an activating group) is 1. The fourth-order valence-electron chi connectivity index (χ4n) is 2.11. The number of ether oxygens (including phenoxy) is 1. The third-order valence-corrected chi connectivity index (χ3v) is 2.97. The van der Waals surface area contributed by atoms with E-state index in [9.17, 15) is 9.90 Å². The van der Waals surface area contributed by atoms with Crippen molar-refractivity contribution in [2.24, 2.45) is 0 Å². The Bertz CT molecular complexity index is 233. The van der Waals surface area contributed by atoms with Gasteiger partial charge in [0.15, 0.2) is 0 Å². The molecule has 0 saturated carbocycles. The van der Waals surface area contributed by atoms with E-state index < -0.39 is 6.10 Å². The maximum atomic E-state index is 11.6. The van der Waals surface area contributed by atoms with E-state index in [1.165, 1.54) is 0 Å². The van der Waals surface area contributed by atoms with Gasteiger partial charge in [-0.15, -0.1) is 0 Å². The van der Waals surface area contributed by atoms with E-state index in [2.05, 4.69) is 0 Å². The van der Waals surface area contributed by atoms with E-state index in [1.807, 2.05) is 19.0 Å². The molecular weight excluding hydrogens is 208 g/mol. The Kier molecular flexibility index (Phi) is 5.02. The number of aliphatic hydroxyl groups excluding tert-OH is 1. The summed E-state index contributed by atoms with van der Waals surface area (Å²) in [5, 5.41) is 10.0. The van der Waals surface area contributed by atoms with E-state index in [0.717, 1.165) is 12.8 Å². The van der Waals surface area contributed by atoms with Gasteiger partial charge >= 0.3 is 6.09 Å². The Labute approximate surface area is 97.0 Å². The minimum Gasteiger partial charge on any atom is -0.450 e. The first-order valence-corrected chi connectivity index (χ1v) is 5.82. The van der Waals surface area contributed by atoms with Crippen LogP contribution in [0.15, 0.2) is 0 Å². The van der Waals surface area contributed by atoms with Crippen LogP contribution >= 0.6 is 0 Å².